The van der Waals surface area contributed by atoms with Crippen molar-refractivity contribution in [2.24, 2.45) is 5.41 Å². The number of sulfonamides is 1. The molecule has 0 aromatic carbocycles. The van der Waals surface area contributed by atoms with E-state index in [2.05, 4.69) is 59.9 Å². The Morgan fingerprint density at radius 1 is 1.08 bits per heavy atom. The van der Waals surface area contributed by atoms with Gasteiger partial charge >= 0.3 is 6.18 Å². The summed E-state index contributed by atoms with van der Waals surface area (Å²) in [6.07, 6.45) is 1.38. The van der Waals surface area contributed by atoms with E-state index in [0.717, 1.165) is 25.7 Å². The minimum atomic E-state index is -4.36. The van der Waals surface area contributed by atoms with Gasteiger partial charge in [-0.25, -0.2) is 19.4 Å². The van der Waals surface area contributed by atoms with Gasteiger partial charge in [0, 0.05) is 35.9 Å². The van der Waals surface area contributed by atoms with Crippen LogP contribution in [0, 0.1) is 5.41 Å². The van der Waals surface area contributed by atoms with Crippen molar-refractivity contribution in [2.75, 3.05) is 18.5 Å². The second-order valence-electron chi connectivity index (χ2n) is 14.4. The summed E-state index contributed by atoms with van der Waals surface area (Å²) in [6, 6.07) is 9.10. The molecule has 0 radical (unpaired) electrons. The molecule has 1 saturated carbocycles. The first-order chi connectivity index (χ1) is 22.8. The number of anilines is 1. The van der Waals surface area contributed by atoms with Crippen molar-refractivity contribution in [3.8, 4) is 11.7 Å². The van der Waals surface area contributed by atoms with Crippen LogP contribution in [0.4, 0.5) is 19.0 Å². The van der Waals surface area contributed by atoms with Crippen molar-refractivity contribution < 1.29 is 31.1 Å². The second-order valence-corrected chi connectivity index (χ2v) is 16.4. The minimum absolute atomic E-state index is 0.0561. The number of alkyl halides is 3. The van der Waals surface area contributed by atoms with Crippen LogP contribution in [-0.2, 0) is 10.0 Å². The van der Waals surface area contributed by atoms with Gasteiger partial charge in [0.15, 0.2) is 10.8 Å². The van der Waals surface area contributed by atoms with Crippen LogP contribution in [-0.4, -0.2) is 75.4 Å². The molecule has 16 heteroatoms. The molecule has 268 valence electrons. The van der Waals surface area contributed by atoms with Gasteiger partial charge in [-0.1, -0.05) is 17.7 Å². The molecule has 0 bridgehead atoms. The van der Waals surface area contributed by atoms with Gasteiger partial charge in [0.05, 0.1) is 17.6 Å². The van der Waals surface area contributed by atoms with Crippen molar-refractivity contribution in [3.05, 3.63) is 53.3 Å². The lowest BCUT2D eigenvalue weighted by Gasteiger charge is -2.46. The lowest BCUT2D eigenvalue weighted by Crippen LogP contribution is -2.53. The fourth-order valence-corrected chi connectivity index (χ4v) is 8.02. The Kier molecular flexibility index (Phi) is 10.3. The fourth-order valence-electron chi connectivity index (χ4n) is 6.85. The van der Waals surface area contributed by atoms with E-state index in [0.29, 0.717) is 18.4 Å². The van der Waals surface area contributed by atoms with Crippen LogP contribution in [0.3, 0.4) is 0 Å². The molecule has 5 rings (SSSR count). The van der Waals surface area contributed by atoms with Gasteiger partial charge in [-0.15, -0.1) is 5.10 Å². The molecule has 1 amide bonds. The molecule has 4 heterocycles. The standard InChI is InChI=1S/C33H43ClF3N7O4S/c1-30(2,3)44-22(13-15-31(44,4)5)8-7-19-38-24-9-6-10-27(39-24)49(46,47)42-29(45)23-11-12-25(40-28(23)34)43-20-14-26(41-43)48-21-18-32(16-17-32)33(35,36)37/h6,9-12,14,20,22H,7-8,13,15-19,21H2,1-5H3,(H,38,39)(H,42,45). The summed E-state index contributed by atoms with van der Waals surface area (Å²) in [6.45, 7) is 11.8. The number of halogens is 4. The van der Waals surface area contributed by atoms with Gasteiger partial charge in [-0.05, 0) is 104 Å². The quantitative estimate of drug-likeness (QED) is 0.145. The Morgan fingerprint density at radius 3 is 2.47 bits per heavy atom. The van der Waals surface area contributed by atoms with Crippen LogP contribution < -0.4 is 14.8 Å². The summed E-state index contributed by atoms with van der Waals surface area (Å²) in [5.74, 6) is -0.362. The van der Waals surface area contributed by atoms with E-state index in [9.17, 15) is 26.4 Å². The number of nitrogens with zero attached hydrogens (tertiary/aromatic N) is 5. The Hall–Kier alpha value is -3.43. The second kappa shape index (κ2) is 13.7. The Bertz CT molecular complexity index is 1770. The zero-order valence-electron chi connectivity index (χ0n) is 28.3. The first-order valence-corrected chi connectivity index (χ1v) is 18.2. The molecule has 1 saturated heterocycles. The molecule has 2 fully saturated rings. The molecule has 1 aliphatic heterocycles. The van der Waals surface area contributed by atoms with Crippen molar-refractivity contribution in [2.45, 2.75) is 108 Å². The van der Waals surface area contributed by atoms with Gasteiger partial charge in [-0.2, -0.15) is 21.6 Å². The van der Waals surface area contributed by atoms with Crippen LogP contribution >= 0.6 is 11.6 Å². The number of aromatic nitrogens is 4. The number of hydrogen-bond donors (Lipinski definition) is 2. The van der Waals surface area contributed by atoms with E-state index in [-0.39, 0.29) is 64.4 Å². The normalized spacial score (nSPS) is 19.1. The summed E-state index contributed by atoms with van der Waals surface area (Å²) in [4.78, 5) is 23.9. The summed E-state index contributed by atoms with van der Waals surface area (Å²) in [7, 11) is -4.36. The van der Waals surface area contributed by atoms with Gasteiger partial charge in [0.25, 0.3) is 15.9 Å². The number of hydrogen-bond acceptors (Lipinski definition) is 9. The largest absolute Gasteiger partial charge is 0.477 e. The topological polar surface area (TPSA) is 131 Å². The fraction of sp³-hybridized carbons (Fsp3) is 0.576. The molecular weight excluding hydrogens is 683 g/mol. The SMILES string of the molecule is CC(C)(C)N1C(CCCNc2cccc(S(=O)(=O)NC(=O)c3ccc(-n4ccc(OCCC5(C(F)(F)F)CC5)n4)nc3Cl)n2)CCC1(C)C. The smallest absolute Gasteiger partial charge is 0.394 e. The van der Waals surface area contributed by atoms with E-state index in [4.69, 9.17) is 16.3 Å². The van der Waals surface area contributed by atoms with Crippen molar-refractivity contribution >= 4 is 33.3 Å². The molecule has 3 aromatic heterocycles. The number of nitrogens with one attached hydrogen (secondary N) is 2. The third-order valence-electron chi connectivity index (χ3n) is 9.24. The highest BCUT2D eigenvalue weighted by molar-refractivity contribution is 7.90. The van der Waals surface area contributed by atoms with E-state index in [1.807, 2.05) is 4.72 Å². The maximum atomic E-state index is 13.1. The highest BCUT2D eigenvalue weighted by atomic mass is 35.5. The third kappa shape index (κ3) is 8.48. The van der Waals surface area contributed by atoms with Crippen molar-refractivity contribution in [1.29, 1.82) is 0 Å². The Morgan fingerprint density at radius 2 is 1.82 bits per heavy atom. The number of carbonyl (C=O) groups excluding carboxylic acids is 1. The molecule has 1 aliphatic carbocycles. The van der Waals surface area contributed by atoms with E-state index >= 15 is 0 Å². The number of rotatable bonds is 13. The molecule has 11 nitrogen and oxygen atoms in total. The highest BCUT2D eigenvalue weighted by Gasteiger charge is 2.62. The molecule has 3 aromatic rings. The molecule has 1 unspecified atom stereocenters. The van der Waals surface area contributed by atoms with Crippen LogP contribution in [0.1, 0.15) is 89.9 Å². The van der Waals surface area contributed by atoms with Gasteiger partial charge in [0.1, 0.15) is 11.0 Å². The van der Waals surface area contributed by atoms with Crippen LogP contribution in [0.15, 0.2) is 47.6 Å². The summed E-state index contributed by atoms with van der Waals surface area (Å²) in [5.41, 5.74) is -1.68. The minimum Gasteiger partial charge on any atom is -0.477 e. The Labute approximate surface area is 290 Å². The first-order valence-electron chi connectivity index (χ1n) is 16.3. The number of pyridine rings is 2. The molecule has 49 heavy (non-hydrogen) atoms. The third-order valence-corrected chi connectivity index (χ3v) is 10.8. The molecule has 2 aliphatic rings. The maximum absolute atomic E-state index is 13.1. The maximum Gasteiger partial charge on any atom is 0.394 e. The number of carbonyl (C=O) groups is 1. The van der Waals surface area contributed by atoms with E-state index < -0.39 is 27.5 Å². The molecule has 1 atom stereocenters. The first kappa shape index (κ1) is 36.8. The number of likely N-dealkylation sites (tertiary alicyclic amines) is 1. The molecular formula is C33H43ClF3N7O4S. The van der Waals surface area contributed by atoms with Crippen molar-refractivity contribution in [1.82, 2.24) is 29.4 Å². The Balaban J connectivity index is 1.14. The predicted molar refractivity (Wildman–Crippen MR) is 180 cm³/mol. The summed E-state index contributed by atoms with van der Waals surface area (Å²) in [5, 5.41) is 6.72. The van der Waals surface area contributed by atoms with Gasteiger partial charge in [0.2, 0.25) is 5.88 Å². The van der Waals surface area contributed by atoms with Gasteiger partial charge < -0.3 is 10.1 Å². The summed E-state index contributed by atoms with van der Waals surface area (Å²) >= 11 is 6.26. The lowest BCUT2D eigenvalue weighted by molar-refractivity contribution is -0.190. The average Bonchev–Trinajstić information content (AvgIpc) is 3.54. The summed E-state index contributed by atoms with van der Waals surface area (Å²) < 4.78 is 74.3. The average molecular weight is 726 g/mol. The van der Waals surface area contributed by atoms with E-state index in [1.54, 1.807) is 12.1 Å². The lowest BCUT2D eigenvalue weighted by atomic mass is 9.95. The zero-order chi connectivity index (χ0) is 35.8. The van der Waals surface area contributed by atoms with E-state index in [1.165, 1.54) is 35.1 Å². The zero-order valence-corrected chi connectivity index (χ0v) is 29.8. The monoisotopic (exact) mass is 725 g/mol. The van der Waals surface area contributed by atoms with Gasteiger partial charge in [-0.3, -0.25) is 9.69 Å². The van der Waals surface area contributed by atoms with Crippen molar-refractivity contribution in [3.63, 3.8) is 0 Å². The number of amides is 1. The van der Waals surface area contributed by atoms with Crippen LogP contribution in [0.5, 0.6) is 5.88 Å². The van der Waals surface area contributed by atoms with Crippen LogP contribution in [0.25, 0.3) is 5.82 Å². The van der Waals surface area contributed by atoms with Crippen LogP contribution in [0.2, 0.25) is 5.15 Å². The highest BCUT2D eigenvalue weighted by Crippen LogP contribution is 2.59. The molecule has 0 spiro atoms. The molecule has 2 N–H and O–H groups in total. The predicted octanol–water partition coefficient (Wildman–Crippen LogP) is 6.78. The number of ether oxygens (including phenoxy) is 1.